The Bertz CT molecular complexity index is 1010. The predicted molar refractivity (Wildman–Crippen MR) is 107 cm³/mol. The van der Waals surface area contributed by atoms with Gasteiger partial charge in [-0.25, -0.2) is 0 Å². The SMILES string of the molecule is Nc1ccc2sc(C(=O)N3CCCC3c3nnc4n3CCCCC4)cc2c1. The number of likely N-dealkylation sites (tertiary alicyclic amines) is 1. The molecule has 1 fully saturated rings. The summed E-state index contributed by atoms with van der Waals surface area (Å²) in [7, 11) is 0. The molecule has 0 saturated carbocycles. The van der Waals surface area contributed by atoms with Gasteiger partial charge in [0.25, 0.3) is 5.91 Å². The van der Waals surface area contributed by atoms with Crippen molar-refractivity contribution in [2.45, 2.75) is 51.1 Å². The van der Waals surface area contributed by atoms with Gasteiger partial charge in [-0.1, -0.05) is 6.42 Å². The Morgan fingerprint density at radius 2 is 2.04 bits per heavy atom. The van der Waals surface area contributed by atoms with Gasteiger partial charge in [0.2, 0.25) is 0 Å². The third kappa shape index (κ3) is 2.90. The van der Waals surface area contributed by atoms with Gasteiger partial charge in [-0.2, -0.15) is 0 Å². The number of aryl methyl sites for hydroxylation is 1. The van der Waals surface area contributed by atoms with E-state index in [0.717, 1.165) is 71.1 Å². The zero-order valence-electron chi connectivity index (χ0n) is 15.2. The standard InChI is InChI=1S/C20H23N5OS/c21-14-7-8-16-13(11-14)12-17(27-16)20(26)24-10-4-5-15(24)19-23-22-18-6-2-1-3-9-25(18)19/h7-8,11-12,15H,1-6,9-10,21H2. The third-order valence-electron chi connectivity index (χ3n) is 5.70. The Balaban J connectivity index is 1.47. The van der Waals surface area contributed by atoms with E-state index in [0.29, 0.717) is 0 Å². The van der Waals surface area contributed by atoms with Crippen molar-refractivity contribution in [2.24, 2.45) is 0 Å². The molecule has 3 aromatic rings. The fourth-order valence-corrected chi connectivity index (χ4v) is 5.34. The average molecular weight is 382 g/mol. The molecule has 2 aromatic heterocycles. The molecule has 1 unspecified atom stereocenters. The number of amides is 1. The highest BCUT2D eigenvalue weighted by Gasteiger charge is 2.35. The largest absolute Gasteiger partial charge is 0.399 e. The molecule has 0 aliphatic carbocycles. The highest BCUT2D eigenvalue weighted by molar-refractivity contribution is 7.20. The number of hydrogen-bond acceptors (Lipinski definition) is 5. The zero-order valence-corrected chi connectivity index (χ0v) is 16.0. The number of thiophene rings is 1. The maximum absolute atomic E-state index is 13.3. The minimum absolute atomic E-state index is 0.0344. The lowest BCUT2D eigenvalue weighted by Crippen LogP contribution is -2.31. The van der Waals surface area contributed by atoms with Gasteiger partial charge in [0, 0.05) is 29.9 Å². The first-order valence-electron chi connectivity index (χ1n) is 9.73. The highest BCUT2D eigenvalue weighted by Crippen LogP contribution is 2.36. The maximum atomic E-state index is 13.3. The first kappa shape index (κ1) is 16.7. The number of nitrogen functional groups attached to an aromatic ring is 1. The van der Waals surface area contributed by atoms with Crippen molar-refractivity contribution in [1.82, 2.24) is 19.7 Å². The van der Waals surface area contributed by atoms with Gasteiger partial charge in [0.1, 0.15) is 5.82 Å². The molecule has 4 heterocycles. The first-order valence-corrected chi connectivity index (χ1v) is 10.5. The Morgan fingerprint density at radius 3 is 2.96 bits per heavy atom. The lowest BCUT2D eigenvalue weighted by Gasteiger charge is -2.24. The number of nitrogens with two attached hydrogens (primary N) is 1. The van der Waals surface area contributed by atoms with E-state index in [9.17, 15) is 4.79 Å². The molecule has 140 valence electrons. The van der Waals surface area contributed by atoms with Crippen LogP contribution in [0.25, 0.3) is 10.1 Å². The van der Waals surface area contributed by atoms with Crippen molar-refractivity contribution >= 4 is 33.0 Å². The molecular weight excluding hydrogens is 358 g/mol. The van der Waals surface area contributed by atoms with Crippen molar-refractivity contribution in [3.8, 4) is 0 Å². The van der Waals surface area contributed by atoms with Crippen molar-refractivity contribution in [1.29, 1.82) is 0 Å². The van der Waals surface area contributed by atoms with E-state index < -0.39 is 0 Å². The molecule has 2 aliphatic rings. The van der Waals surface area contributed by atoms with Crippen LogP contribution in [-0.2, 0) is 13.0 Å². The van der Waals surface area contributed by atoms with E-state index in [2.05, 4.69) is 14.8 Å². The Morgan fingerprint density at radius 1 is 1.11 bits per heavy atom. The van der Waals surface area contributed by atoms with Crippen LogP contribution in [0.15, 0.2) is 24.3 Å². The third-order valence-corrected chi connectivity index (χ3v) is 6.81. The van der Waals surface area contributed by atoms with Crippen molar-refractivity contribution in [3.63, 3.8) is 0 Å². The smallest absolute Gasteiger partial charge is 0.264 e. The second-order valence-electron chi connectivity index (χ2n) is 7.50. The summed E-state index contributed by atoms with van der Waals surface area (Å²) in [5.41, 5.74) is 6.61. The molecular formula is C20H23N5OS. The van der Waals surface area contributed by atoms with Gasteiger partial charge in [-0.15, -0.1) is 21.5 Å². The van der Waals surface area contributed by atoms with Crippen LogP contribution in [-0.4, -0.2) is 32.1 Å². The highest BCUT2D eigenvalue weighted by atomic mass is 32.1. The van der Waals surface area contributed by atoms with Gasteiger partial charge >= 0.3 is 0 Å². The second kappa shape index (κ2) is 6.64. The molecule has 0 spiro atoms. The van der Waals surface area contributed by atoms with E-state index in [1.807, 2.05) is 29.2 Å². The van der Waals surface area contributed by atoms with Crippen LogP contribution in [0.4, 0.5) is 5.69 Å². The van der Waals surface area contributed by atoms with E-state index in [1.165, 1.54) is 12.8 Å². The van der Waals surface area contributed by atoms with Gasteiger partial charge in [0.15, 0.2) is 5.82 Å². The molecule has 1 aromatic carbocycles. The molecule has 1 saturated heterocycles. The number of hydrogen-bond donors (Lipinski definition) is 1. The quantitative estimate of drug-likeness (QED) is 0.685. The summed E-state index contributed by atoms with van der Waals surface area (Å²) in [6.07, 6.45) is 6.54. The normalized spacial score (nSPS) is 20.0. The number of aromatic nitrogens is 3. The van der Waals surface area contributed by atoms with Crippen molar-refractivity contribution in [3.05, 3.63) is 40.8 Å². The van der Waals surface area contributed by atoms with E-state index in [-0.39, 0.29) is 11.9 Å². The Hall–Kier alpha value is -2.41. The second-order valence-corrected chi connectivity index (χ2v) is 8.58. The van der Waals surface area contributed by atoms with Crippen LogP contribution < -0.4 is 5.73 Å². The number of benzene rings is 1. The van der Waals surface area contributed by atoms with Gasteiger partial charge in [-0.3, -0.25) is 4.79 Å². The van der Waals surface area contributed by atoms with Crippen molar-refractivity contribution in [2.75, 3.05) is 12.3 Å². The molecule has 2 aliphatic heterocycles. The summed E-state index contributed by atoms with van der Waals surface area (Å²) in [6, 6.07) is 7.82. The molecule has 1 atom stereocenters. The van der Waals surface area contributed by atoms with Crippen LogP contribution in [0.5, 0.6) is 0 Å². The Labute approximate surface area is 162 Å². The lowest BCUT2D eigenvalue weighted by molar-refractivity contribution is 0.0732. The summed E-state index contributed by atoms with van der Waals surface area (Å²) >= 11 is 1.54. The van der Waals surface area contributed by atoms with Crippen molar-refractivity contribution < 1.29 is 4.79 Å². The number of nitrogens with zero attached hydrogens (tertiary/aromatic N) is 4. The molecule has 0 radical (unpaired) electrons. The molecule has 5 rings (SSSR count). The summed E-state index contributed by atoms with van der Waals surface area (Å²) in [4.78, 5) is 16.1. The Kier molecular flexibility index (Phi) is 4.11. The van der Waals surface area contributed by atoms with Gasteiger partial charge in [-0.05, 0) is 55.3 Å². The van der Waals surface area contributed by atoms with Crippen LogP contribution in [0.2, 0.25) is 0 Å². The average Bonchev–Trinajstić information content (AvgIpc) is 3.35. The summed E-state index contributed by atoms with van der Waals surface area (Å²) < 4.78 is 3.37. The van der Waals surface area contributed by atoms with E-state index >= 15 is 0 Å². The maximum Gasteiger partial charge on any atom is 0.264 e. The fraction of sp³-hybridized carbons (Fsp3) is 0.450. The number of carbonyl (C=O) groups excluding carboxylic acids is 1. The minimum atomic E-state index is 0.0344. The monoisotopic (exact) mass is 381 g/mol. The van der Waals surface area contributed by atoms with Crippen LogP contribution in [0, 0.1) is 0 Å². The number of carbonyl (C=O) groups is 1. The van der Waals surface area contributed by atoms with Crippen LogP contribution in [0.3, 0.4) is 0 Å². The van der Waals surface area contributed by atoms with Crippen LogP contribution >= 0.6 is 11.3 Å². The number of rotatable bonds is 2. The van der Waals surface area contributed by atoms with E-state index in [1.54, 1.807) is 11.3 Å². The lowest BCUT2D eigenvalue weighted by atomic mass is 10.2. The topological polar surface area (TPSA) is 77.0 Å². The molecule has 6 nitrogen and oxygen atoms in total. The molecule has 1 amide bonds. The van der Waals surface area contributed by atoms with Crippen LogP contribution in [0.1, 0.15) is 59.5 Å². The summed E-state index contributed by atoms with van der Waals surface area (Å²) in [5, 5.41) is 9.98. The molecule has 7 heteroatoms. The fourth-order valence-electron chi connectivity index (χ4n) is 4.34. The number of fused-ring (bicyclic) bond motifs is 2. The van der Waals surface area contributed by atoms with Gasteiger partial charge in [0.05, 0.1) is 10.9 Å². The summed E-state index contributed by atoms with van der Waals surface area (Å²) in [6.45, 7) is 1.75. The van der Waals surface area contributed by atoms with Gasteiger partial charge < -0.3 is 15.2 Å². The first-order chi connectivity index (χ1) is 13.2. The van der Waals surface area contributed by atoms with E-state index in [4.69, 9.17) is 5.73 Å². The minimum Gasteiger partial charge on any atom is -0.399 e. The molecule has 0 bridgehead atoms. The molecule has 27 heavy (non-hydrogen) atoms. The predicted octanol–water partition coefficient (Wildman–Crippen LogP) is 3.78. The zero-order chi connectivity index (χ0) is 18.4. The summed E-state index contributed by atoms with van der Waals surface area (Å²) in [5.74, 6) is 2.16. The number of anilines is 1. The molecule has 2 N–H and O–H groups in total.